The van der Waals surface area contributed by atoms with Crippen molar-refractivity contribution in [2.75, 3.05) is 6.61 Å². The Morgan fingerprint density at radius 3 is 2.17 bits per heavy atom. The van der Waals surface area contributed by atoms with Gasteiger partial charge in [-0.1, -0.05) is 0 Å². The second-order valence-electron chi connectivity index (χ2n) is 4.10. The third-order valence-electron chi connectivity index (χ3n) is 2.66. The van der Waals surface area contributed by atoms with Gasteiger partial charge in [-0.3, -0.25) is 0 Å². The zero-order valence-corrected chi connectivity index (χ0v) is 14.0. The van der Waals surface area contributed by atoms with Crippen molar-refractivity contribution < 1.29 is 6.15 Å². The minimum atomic E-state index is -3.03. The topological polar surface area (TPSA) is 18.5 Å². The van der Waals surface area contributed by atoms with Crippen molar-refractivity contribution in [2.24, 2.45) is 0 Å². The summed E-state index contributed by atoms with van der Waals surface area (Å²) in [5.41, 5.74) is 1.19. The number of hydrogen-bond acceptors (Lipinski definition) is 2. The van der Waals surface area contributed by atoms with Crippen LogP contribution in [0.5, 0.6) is 0 Å². The summed E-state index contributed by atoms with van der Waals surface area (Å²) < 4.78 is 13.9. The van der Waals surface area contributed by atoms with Crippen LogP contribution in [0, 0.1) is 0 Å². The van der Waals surface area contributed by atoms with Gasteiger partial charge < -0.3 is 0 Å². The van der Waals surface area contributed by atoms with Crippen LogP contribution in [-0.4, -0.2) is 25.8 Å². The Balaban J connectivity index is 2.70. The molecule has 1 rings (SSSR count). The van der Waals surface area contributed by atoms with Gasteiger partial charge in [0, 0.05) is 0 Å². The van der Waals surface area contributed by atoms with Crippen LogP contribution in [-0.2, 0) is 12.8 Å². The number of hydrogen-bond donors (Lipinski definition) is 0. The normalized spacial score (nSPS) is 11.2. The summed E-state index contributed by atoms with van der Waals surface area (Å²) in [4.78, 5) is 0. The van der Waals surface area contributed by atoms with E-state index >= 15 is 0 Å². The molecule has 0 saturated heterocycles. The molecule has 0 aromatic heterocycles. The Bertz CT molecular complexity index is 352. The summed E-state index contributed by atoms with van der Waals surface area (Å²) >= 11 is -3.03. The quantitative estimate of drug-likeness (QED) is 0.493. The number of benzene rings is 1. The molecule has 3 heteroatoms. The van der Waals surface area contributed by atoms with Crippen LogP contribution < -0.4 is 0 Å². The van der Waals surface area contributed by atoms with Gasteiger partial charge in [-0.05, 0) is 0 Å². The van der Waals surface area contributed by atoms with E-state index < -0.39 is 19.2 Å². The molecule has 0 amide bonds. The molecule has 0 radical (unpaired) electrons. The molecule has 0 aliphatic heterocycles. The monoisotopic (exact) mass is 354 g/mol. The molecule has 0 N–H and O–H groups in total. The van der Waals surface area contributed by atoms with E-state index in [-0.39, 0.29) is 0 Å². The molecule has 0 saturated carbocycles. The average molecular weight is 353 g/mol. The van der Waals surface area contributed by atoms with Gasteiger partial charge >= 0.3 is 116 Å². The predicted octanol–water partition coefficient (Wildman–Crippen LogP) is 4.05. The molecule has 2 nitrogen and oxygen atoms in total. The molecule has 1 aromatic rings. The number of rotatable bonds is 9. The molecule has 0 heterocycles. The first-order valence-electron chi connectivity index (χ1n) is 6.30. The van der Waals surface area contributed by atoms with Crippen LogP contribution in [0.3, 0.4) is 0 Å². The van der Waals surface area contributed by atoms with Crippen LogP contribution in [0.4, 0.5) is 0 Å². The van der Waals surface area contributed by atoms with Crippen LogP contribution in [0.25, 0.3) is 0 Å². The van der Waals surface area contributed by atoms with Crippen molar-refractivity contribution in [1.82, 2.24) is 0 Å². The van der Waals surface area contributed by atoms with E-state index in [1.165, 1.54) is 5.56 Å². The second-order valence-corrected chi connectivity index (χ2v) is 13.3. The Labute approximate surface area is 115 Å². The first-order chi connectivity index (χ1) is 8.76. The molecule has 18 heavy (non-hydrogen) atoms. The second kappa shape index (κ2) is 8.51. The summed E-state index contributed by atoms with van der Waals surface area (Å²) in [6.45, 7) is 11.0. The summed E-state index contributed by atoms with van der Waals surface area (Å²) in [5, 5.41) is 0. The van der Waals surface area contributed by atoms with Gasteiger partial charge in [0.05, 0.1) is 0 Å². The molecule has 0 bridgehead atoms. The fourth-order valence-corrected chi connectivity index (χ4v) is 9.15. The van der Waals surface area contributed by atoms with Crippen molar-refractivity contribution in [1.29, 1.82) is 0 Å². The Kier molecular flexibility index (Phi) is 7.32. The molecule has 0 fully saturated rings. The summed E-state index contributed by atoms with van der Waals surface area (Å²) in [6.07, 6.45) is 3.83. The van der Waals surface area contributed by atoms with Crippen LogP contribution in [0.1, 0.15) is 12.5 Å². The van der Waals surface area contributed by atoms with Gasteiger partial charge in [0.1, 0.15) is 0 Å². The fourth-order valence-electron chi connectivity index (χ4n) is 1.85. The van der Waals surface area contributed by atoms with Crippen molar-refractivity contribution in [3.63, 3.8) is 0 Å². The molecule has 0 aliphatic rings. The summed E-state index contributed by atoms with van der Waals surface area (Å²) in [5.74, 6) is 0. The molecule has 0 atom stereocenters. The van der Waals surface area contributed by atoms with E-state index in [9.17, 15) is 0 Å². The van der Waals surface area contributed by atoms with E-state index in [0.717, 1.165) is 8.87 Å². The Hall–Kier alpha value is -0.581. The first-order valence-corrected chi connectivity index (χ1v) is 12.7. The van der Waals surface area contributed by atoms with Gasteiger partial charge in [-0.2, -0.15) is 0 Å². The van der Waals surface area contributed by atoms with Crippen LogP contribution in [0.15, 0.2) is 55.6 Å². The maximum absolute atomic E-state index is 6.18. The first kappa shape index (κ1) is 15.5. The van der Waals surface area contributed by atoms with Gasteiger partial charge in [0.15, 0.2) is 0 Å². The van der Waals surface area contributed by atoms with E-state index in [0.29, 0.717) is 13.2 Å². The molecular weight excluding hydrogens is 331 g/mol. The Morgan fingerprint density at radius 2 is 1.67 bits per heavy atom. The van der Waals surface area contributed by atoms with Crippen LogP contribution in [0.2, 0.25) is 8.87 Å². The van der Waals surface area contributed by atoms with Gasteiger partial charge in [-0.25, -0.2) is 0 Å². The predicted molar refractivity (Wildman–Crippen MR) is 78.6 cm³/mol. The zero-order chi connectivity index (χ0) is 13.3. The van der Waals surface area contributed by atoms with Crippen molar-refractivity contribution in [3.05, 3.63) is 61.2 Å². The van der Waals surface area contributed by atoms with Gasteiger partial charge in [-0.15, -0.1) is 0 Å². The van der Waals surface area contributed by atoms with Crippen molar-refractivity contribution in [3.8, 4) is 0 Å². The summed E-state index contributed by atoms with van der Waals surface area (Å²) in [7, 11) is 0. The maximum atomic E-state index is 6.18. The molecule has 0 spiro atoms. The molecule has 98 valence electrons. The van der Waals surface area contributed by atoms with Crippen molar-refractivity contribution in [2.45, 2.75) is 22.4 Å². The van der Waals surface area contributed by atoms with E-state index in [2.05, 4.69) is 25.3 Å². The Morgan fingerprint density at radius 1 is 1.06 bits per heavy atom. The third kappa shape index (κ3) is 4.96. The number of allylic oxidation sites excluding steroid dienone is 2. The SMILES string of the molecule is C=C[CH2][Sn]([CH2]C=C)([O]CC)[O]Cc1ccccc1. The minimum absolute atomic E-state index is 0.624. The fraction of sp³-hybridized carbons (Fsp3) is 0.333. The summed E-state index contributed by atoms with van der Waals surface area (Å²) in [6, 6.07) is 10.2. The van der Waals surface area contributed by atoms with E-state index in [1.54, 1.807) is 0 Å². The molecule has 1 aromatic carbocycles. The van der Waals surface area contributed by atoms with E-state index in [1.807, 2.05) is 37.3 Å². The van der Waals surface area contributed by atoms with Crippen molar-refractivity contribution >= 4 is 19.2 Å². The standard InChI is InChI=1S/C7H7O.2C3H5.C2H5O.Sn/c8-6-7-4-2-1-3-5-7;2*1-3-2;1-2-3;/h1-5H,6H2;2*3H,1-2H2;2H2,1H3;/q-1;;;-1;+2. The van der Waals surface area contributed by atoms with E-state index in [4.69, 9.17) is 6.15 Å². The molecule has 0 unspecified atom stereocenters. The molecule has 0 aliphatic carbocycles. The average Bonchev–Trinajstić information content (AvgIpc) is 2.39. The third-order valence-corrected chi connectivity index (χ3v) is 12.1. The van der Waals surface area contributed by atoms with Crippen LogP contribution >= 0.6 is 0 Å². The van der Waals surface area contributed by atoms with Gasteiger partial charge in [0.2, 0.25) is 0 Å². The zero-order valence-electron chi connectivity index (χ0n) is 11.1. The van der Waals surface area contributed by atoms with Gasteiger partial charge in [0.25, 0.3) is 0 Å². The molecular formula is C15H22O2Sn.